The van der Waals surface area contributed by atoms with E-state index in [-0.39, 0.29) is 17.7 Å². The summed E-state index contributed by atoms with van der Waals surface area (Å²) in [5.41, 5.74) is 1.71. The highest BCUT2D eigenvalue weighted by molar-refractivity contribution is 7.93. The van der Waals surface area contributed by atoms with Crippen molar-refractivity contribution in [1.82, 2.24) is 0 Å². The number of fused-ring (bicyclic) bond motifs is 1. The van der Waals surface area contributed by atoms with Crippen LogP contribution in [0.3, 0.4) is 0 Å². The summed E-state index contributed by atoms with van der Waals surface area (Å²) in [6.45, 7) is 1.22. The van der Waals surface area contributed by atoms with Crippen LogP contribution >= 0.6 is 12.4 Å². The Morgan fingerprint density at radius 2 is 1.94 bits per heavy atom. The smallest absolute Gasteiger partial charge is 0.238 e. The molecule has 0 radical (unpaired) electrons. The van der Waals surface area contributed by atoms with Gasteiger partial charge in [0, 0.05) is 6.54 Å². The number of para-hydroxylation sites is 2. The highest BCUT2D eigenvalue weighted by Crippen LogP contribution is 2.37. The predicted octanol–water partition coefficient (Wildman–Crippen LogP) is 1.83. The molecule has 1 aliphatic heterocycles. The monoisotopic (exact) mass is 274 g/mol. The van der Waals surface area contributed by atoms with E-state index in [0.29, 0.717) is 13.1 Å². The van der Waals surface area contributed by atoms with E-state index in [1.54, 1.807) is 4.31 Å². The van der Waals surface area contributed by atoms with E-state index >= 15 is 0 Å². The van der Waals surface area contributed by atoms with Crippen molar-refractivity contribution in [2.45, 2.75) is 18.1 Å². The van der Waals surface area contributed by atoms with Crippen molar-refractivity contribution >= 4 is 33.8 Å². The van der Waals surface area contributed by atoms with E-state index in [9.17, 15) is 8.42 Å². The lowest BCUT2D eigenvalue weighted by molar-refractivity contribution is 0.589. The molecule has 0 atom stereocenters. The molecule has 3 rings (SSSR count). The summed E-state index contributed by atoms with van der Waals surface area (Å²) in [4.78, 5) is 0. The first-order chi connectivity index (χ1) is 7.69. The van der Waals surface area contributed by atoms with E-state index in [1.807, 2.05) is 24.3 Å². The van der Waals surface area contributed by atoms with Gasteiger partial charge < -0.3 is 5.32 Å². The molecule has 1 saturated carbocycles. The lowest BCUT2D eigenvalue weighted by Crippen LogP contribution is -2.40. The molecule has 1 fully saturated rings. The molecule has 0 unspecified atom stereocenters. The zero-order valence-corrected chi connectivity index (χ0v) is 10.9. The molecule has 1 heterocycles. The molecule has 0 bridgehead atoms. The van der Waals surface area contributed by atoms with Crippen molar-refractivity contribution in [2.24, 2.45) is 0 Å². The fourth-order valence-electron chi connectivity index (χ4n) is 2.06. The number of hydrogen-bond donors (Lipinski definition) is 1. The average Bonchev–Trinajstić information content (AvgIpc) is 3.12. The molecule has 2 aliphatic rings. The van der Waals surface area contributed by atoms with E-state index in [2.05, 4.69) is 5.32 Å². The van der Waals surface area contributed by atoms with Gasteiger partial charge in [0.05, 0.1) is 23.2 Å². The molecule has 0 aromatic heterocycles. The molecule has 94 valence electrons. The molecule has 1 aromatic rings. The SMILES string of the molecule is Cl.O=S(=O)(C1CC1)N1CCNc2ccccc21. The Morgan fingerprint density at radius 1 is 1.24 bits per heavy atom. The first-order valence-electron chi connectivity index (χ1n) is 5.54. The molecule has 0 amide bonds. The largest absolute Gasteiger partial charge is 0.382 e. The Bertz CT molecular complexity index is 514. The quantitative estimate of drug-likeness (QED) is 0.895. The van der Waals surface area contributed by atoms with Crippen LogP contribution in [-0.4, -0.2) is 26.8 Å². The zero-order chi connectivity index (χ0) is 11.2. The Hall–Kier alpha value is -0.940. The standard InChI is InChI=1S/C11H14N2O2S.ClH/c14-16(15,9-5-6-9)13-8-7-12-10-3-1-2-4-11(10)13;/h1-4,9,12H,5-8H2;1H. The molecule has 0 saturated heterocycles. The van der Waals surface area contributed by atoms with Crippen LogP contribution in [0.25, 0.3) is 0 Å². The van der Waals surface area contributed by atoms with Gasteiger partial charge >= 0.3 is 0 Å². The van der Waals surface area contributed by atoms with Crippen molar-refractivity contribution < 1.29 is 8.42 Å². The van der Waals surface area contributed by atoms with Crippen molar-refractivity contribution in [3.05, 3.63) is 24.3 Å². The van der Waals surface area contributed by atoms with Gasteiger partial charge in [-0.25, -0.2) is 8.42 Å². The second kappa shape index (κ2) is 4.38. The minimum Gasteiger partial charge on any atom is -0.382 e. The van der Waals surface area contributed by atoms with Gasteiger partial charge in [-0.1, -0.05) is 12.1 Å². The minimum absolute atomic E-state index is 0. The van der Waals surface area contributed by atoms with Gasteiger partial charge in [0.25, 0.3) is 0 Å². The van der Waals surface area contributed by atoms with Gasteiger partial charge in [-0.2, -0.15) is 0 Å². The van der Waals surface area contributed by atoms with Crippen LogP contribution in [-0.2, 0) is 10.0 Å². The molecular weight excluding hydrogens is 260 g/mol. The van der Waals surface area contributed by atoms with Crippen LogP contribution in [0.4, 0.5) is 11.4 Å². The fourth-order valence-corrected chi connectivity index (χ4v) is 3.93. The number of halogens is 1. The molecular formula is C11H15ClN2O2S. The number of rotatable bonds is 2. The van der Waals surface area contributed by atoms with Gasteiger partial charge in [-0.3, -0.25) is 4.31 Å². The van der Waals surface area contributed by atoms with Crippen molar-refractivity contribution in [1.29, 1.82) is 0 Å². The van der Waals surface area contributed by atoms with Gasteiger partial charge in [0.15, 0.2) is 0 Å². The van der Waals surface area contributed by atoms with E-state index < -0.39 is 10.0 Å². The topological polar surface area (TPSA) is 49.4 Å². The minimum atomic E-state index is -3.11. The number of sulfonamides is 1. The highest BCUT2D eigenvalue weighted by Gasteiger charge is 2.41. The normalized spacial score (nSPS) is 18.9. The predicted molar refractivity (Wildman–Crippen MR) is 71.5 cm³/mol. The number of hydrogen-bond acceptors (Lipinski definition) is 3. The second-order valence-electron chi connectivity index (χ2n) is 4.26. The summed E-state index contributed by atoms with van der Waals surface area (Å²) < 4.78 is 26.0. The number of benzene rings is 1. The van der Waals surface area contributed by atoms with Gasteiger partial charge in [0.1, 0.15) is 0 Å². The molecule has 6 heteroatoms. The average molecular weight is 275 g/mol. The van der Waals surface area contributed by atoms with Crippen LogP contribution in [0.15, 0.2) is 24.3 Å². The summed E-state index contributed by atoms with van der Waals surface area (Å²) in [7, 11) is -3.11. The summed E-state index contributed by atoms with van der Waals surface area (Å²) in [6, 6.07) is 7.58. The maximum atomic E-state index is 12.2. The summed E-state index contributed by atoms with van der Waals surface area (Å²) >= 11 is 0. The molecule has 17 heavy (non-hydrogen) atoms. The van der Waals surface area contributed by atoms with Crippen molar-refractivity contribution in [3.63, 3.8) is 0 Å². The number of nitrogens with one attached hydrogen (secondary N) is 1. The van der Waals surface area contributed by atoms with Gasteiger partial charge in [0.2, 0.25) is 10.0 Å². The van der Waals surface area contributed by atoms with Crippen LogP contribution in [0.5, 0.6) is 0 Å². The fraction of sp³-hybridized carbons (Fsp3) is 0.455. The molecule has 1 N–H and O–H groups in total. The maximum absolute atomic E-state index is 12.2. The third-order valence-electron chi connectivity index (χ3n) is 3.06. The van der Waals surface area contributed by atoms with Gasteiger partial charge in [-0.15, -0.1) is 12.4 Å². The summed E-state index contributed by atoms with van der Waals surface area (Å²) in [5.74, 6) is 0. The Kier molecular flexibility index (Phi) is 3.23. The Labute approximate surface area is 107 Å². The van der Waals surface area contributed by atoms with Gasteiger partial charge in [-0.05, 0) is 25.0 Å². The summed E-state index contributed by atoms with van der Waals surface area (Å²) in [5, 5.41) is 3.08. The van der Waals surface area contributed by atoms with Crippen LogP contribution in [0, 0.1) is 0 Å². The Morgan fingerprint density at radius 3 is 2.65 bits per heavy atom. The van der Waals surface area contributed by atoms with Crippen molar-refractivity contribution in [3.8, 4) is 0 Å². The molecule has 4 nitrogen and oxygen atoms in total. The maximum Gasteiger partial charge on any atom is 0.238 e. The highest BCUT2D eigenvalue weighted by atomic mass is 35.5. The van der Waals surface area contributed by atoms with E-state index in [0.717, 1.165) is 24.2 Å². The van der Waals surface area contributed by atoms with Crippen LogP contribution < -0.4 is 9.62 Å². The molecule has 1 aliphatic carbocycles. The lowest BCUT2D eigenvalue weighted by atomic mass is 10.2. The second-order valence-corrected chi connectivity index (χ2v) is 6.40. The zero-order valence-electron chi connectivity index (χ0n) is 9.30. The molecule has 0 spiro atoms. The van der Waals surface area contributed by atoms with Crippen LogP contribution in [0.1, 0.15) is 12.8 Å². The molecule has 1 aromatic carbocycles. The van der Waals surface area contributed by atoms with Crippen LogP contribution in [0.2, 0.25) is 0 Å². The first kappa shape index (κ1) is 12.5. The first-order valence-corrected chi connectivity index (χ1v) is 7.04. The third kappa shape index (κ3) is 2.09. The number of anilines is 2. The van der Waals surface area contributed by atoms with E-state index in [4.69, 9.17) is 0 Å². The number of nitrogens with zero attached hydrogens (tertiary/aromatic N) is 1. The van der Waals surface area contributed by atoms with E-state index in [1.165, 1.54) is 0 Å². The third-order valence-corrected chi connectivity index (χ3v) is 5.36. The lowest BCUT2D eigenvalue weighted by Gasteiger charge is -2.31. The Balaban J connectivity index is 0.00000108. The van der Waals surface area contributed by atoms with Crippen molar-refractivity contribution in [2.75, 3.05) is 22.7 Å². The summed E-state index contributed by atoms with van der Waals surface area (Å²) in [6.07, 6.45) is 1.63.